The number of carbonyl (C=O) groups excluding carboxylic acids is 5. The zero-order valence-corrected chi connectivity index (χ0v) is 40.4. The maximum atomic E-state index is 12.6. The van der Waals surface area contributed by atoms with Gasteiger partial charge in [-0.2, -0.15) is 8.42 Å². The molecule has 4 aromatic rings. The molecule has 71 heavy (non-hydrogen) atoms. The number of rotatable bonds is 17. The third kappa shape index (κ3) is 17.2. The molecule has 4 amide bonds. The predicted molar refractivity (Wildman–Crippen MR) is 261 cm³/mol. The number of benzene rings is 4. The smallest absolute Gasteiger partial charge is 0.414 e. The van der Waals surface area contributed by atoms with Crippen LogP contribution in [-0.4, -0.2) is 144 Å². The van der Waals surface area contributed by atoms with Crippen LogP contribution in [0.2, 0.25) is 0 Å². The zero-order chi connectivity index (χ0) is 50.9. The molecular weight excluding hydrogens is 941 g/mol. The second-order valence-electron chi connectivity index (χ2n) is 16.9. The number of nitrogens with one attached hydrogen (secondary N) is 4. The zero-order valence-electron chi connectivity index (χ0n) is 39.6. The first-order valence-corrected chi connectivity index (χ1v) is 24.6. The van der Waals surface area contributed by atoms with Crippen molar-refractivity contribution in [3.63, 3.8) is 0 Å². The number of amides is 4. The molecule has 3 saturated heterocycles. The fourth-order valence-corrected chi connectivity index (χ4v) is 7.78. The van der Waals surface area contributed by atoms with Crippen LogP contribution in [0.3, 0.4) is 0 Å². The number of hydrogen-bond donors (Lipinski definition) is 4. The fourth-order valence-electron chi connectivity index (χ4n) is 7.38. The van der Waals surface area contributed by atoms with E-state index in [2.05, 4.69) is 24.6 Å². The molecule has 0 radical (unpaired) electrons. The van der Waals surface area contributed by atoms with Crippen LogP contribution in [0.1, 0.15) is 42.5 Å². The van der Waals surface area contributed by atoms with Gasteiger partial charge in [-0.15, -0.1) is 0 Å². The van der Waals surface area contributed by atoms with E-state index in [0.29, 0.717) is 48.6 Å². The first-order chi connectivity index (χ1) is 34.0. The third-order valence-electron chi connectivity index (χ3n) is 11.0. The summed E-state index contributed by atoms with van der Waals surface area (Å²) >= 11 is 0. The Morgan fingerprint density at radius 1 is 0.662 bits per heavy atom. The first kappa shape index (κ1) is 53.0. The van der Waals surface area contributed by atoms with Gasteiger partial charge in [-0.25, -0.2) is 19.2 Å². The molecule has 22 heteroatoms. The molecule has 4 aromatic carbocycles. The summed E-state index contributed by atoms with van der Waals surface area (Å²) in [6, 6.07) is 31.5. The molecule has 0 saturated carbocycles. The summed E-state index contributed by atoms with van der Waals surface area (Å²) in [4.78, 5) is 67.8. The van der Waals surface area contributed by atoms with Crippen LogP contribution in [0, 0.1) is 10.8 Å². The van der Waals surface area contributed by atoms with E-state index < -0.39 is 40.6 Å². The Morgan fingerprint density at radius 3 is 1.55 bits per heavy atom. The molecule has 0 bridgehead atoms. The largest absolute Gasteiger partial charge is 0.463 e. The van der Waals surface area contributed by atoms with Gasteiger partial charge in [0, 0.05) is 61.8 Å². The van der Waals surface area contributed by atoms with E-state index in [9.17, 15) is 32.4 Å². The molecule has 378 valence electrons. The molecule has 3 aliphatic rings. The molecule has 0 spiro atoms. The van der Waals surface area contributed by atoms with E-state index in [1.54, 1.807) is 53.4 Å². The average Bonchev–Trinajstić information content (AvgIpc) is 3.92. The van der Waals surface area contributed by atoms with Crippen molar-refractivity contribution in [2.45, 2.75) is 51.8 Å². The minimum Gasteiger partial charge on any atom is -0.463 e. The molecule has 21 nitrogen and oxygen atoms in total. The minimum atomic E-state index is -3.63. The van der Waals surface area contributed by atoms with Crippen LogP contribution < -0.4 is 20.4 Å². The molecule has 0 aliphatic carbocycles. The van der Waals surface area contributed by atoms with Gasteiger partial charge >= 0.3 is 30.3 Å². The number of alkyl carbamates (subject to hydrolysis) is 2. The number of anilines is 2. The monoisotopic (exact) mass is 998 g/mol. The van der Waals surface area contributed by atoms with Gasteiger partial charge in [0.25, 0.3) is 10.1 Å². The van der Waals surface area contributed by atoms with E-state index >= 15 is 0 Å². The average molecular weight is 999 g/mol. The van der Waals surface area contributed by atoms with Crippen molar-refractivity contribution in [2.24, 2.45) is 0 Å². The van der Waals surface area contributed by atoms with E-state index in [-0.39, 0.29) is 56.2 Å². The summed E-state index contributed by atoms with van der Waals surface area (Å²) < 4.78 is 53.0. The van der Waals surface area contributed by atoms with Gasteiger partial charge < -0.3 is 28.6 Å². The molecule has 3 heterocycles. The summed E-state index contributed by atoms with van der Waals surface area (Å²) in [6.45, 7) is 8.88. The Morgan fingerprint density at radius 2 is 1.10 bits per heavy atom. The lowest BCUT2D eigenvalue weighted by Gasteiger charge is -2.35. The molecule has 0 aromatic heterocycles. The summed E-state index contributed by atoms with van der Waals surface area (Å²) in [7, 11) is -3.63. The van der Waals surface area contributed by atoms with Crippen molar-refractivity contribution >= 4 is 63.5 Å². The molecule has 2 atom stereocenters. The predicted octanol–water partition coefficient (Wildman–Crippen LogP) is 5.46. The van der Waals surface area contributed by atoms with Crippen molar-refractivity contribution < 1.29 is 60.3 Å². The van der Waals surface area contributed by atoms with E-state index in [4.69, 9.17) is 34.5 Å². The molecule has 7 rings (SSSR count). The summed E-state index contributed by atoms with van der Waals surface area (Å²) in [5, 5.41) is 21.0. The standard InChI is InChI=1S/C29H37N5O6.C20H21N3O7S/c1-21(2)39-26(35)12-13-32-14-16-33(17-15-32)18-25-19-34(29(37)40-25)24-10-8-23(9-11-24)27(30)31-28(36)38-20-22-6-4-3-5-7-22;1-31(26,27)29-13-17-11-23(20(25)30-17)16-9-7-15(8-10-16)18(21)22-19(24)28-12-14-5-3-2-4-6-14/h3-11,21,25H,12-20H2,1-2H3,(H2,30,31,36);2-10,17H,11-13H2,1H3,(H2,21,22,24). The topological polar surface area (TPSA) is 260 Å². The number of ether oxygens (including phenoxy) is 5. The van der Waals surface area contributed by atoms with Gasteiger partial charge in [-0.1, -0.05) is 60.7 Å². The van der Waals surface area contributed by atoms with Gasteiger partial charge in [0.2, 0.25) is 0 Å². The Hall–Kier alpha value is -7.40. The Balaban J connectivity index is 0.000000240. The van der Waals surface area contributed by atoms with Gasteiger partial charge in [0.15, 0.2) is 0 Å². The van der Waals surface area contributed by atoms with Gasteiger partial charge in [0.05, 0.1) is 31.9 Å². The van der Waals surface area contributed by atoms with Crippen LogP contribution in [0.15, 0.2) is 109 Å². The number of amidine groups is 2. The van der Waals surface area contributed by atoms with Crippen LogP contribution in [-0.2, 0) is 56.0 Å². The number of carbonyl (C=O) groups is 5. The Bertz CT molecular complexity index is 2580. The lowest BCUT2D eigenvalue weighted by Crippen LogP contribution is -2.49. The second kappa shape index (κ2) is 25.5. The number of hydrogen-bond acceptors (Lipinski definition) is 17. The van der Waals surface area contributed by atoms with E-state index in [1.165, 1.54) is 4.90 Å². The summed E-state index contributed by atoms with van der Waals surface area (Å²) in [5.74, 6) is -0.423. The van der Waals surface area contributed by atoms with Gasteiger partial charge in [0.1, 0.15) is 43.7 Å². The molecular formula is C49H58N8O13S. The maximum Gasteiger partial charge on any atom is 0.414 e. The lowest BCUT2D eigenvalue weighted by molar-refractivity contribution is -0.147. The van der Waals surface area contributed by atoms with Crippen molar-refractivity contribution in [2.75, 3.05) is 75.0 Å². The van der Waals surface area contributed by atoms with E-state index in [1.807, 2.05) is 74.5 Å². The second-order valence-corrected chi connectivity index (χ2v) is 18.5. The van der Waals surface area contributed by atoms with Crippen LogP contribution >= 0.6 is 0 Å². The fraction of sp³-hybridized carbons (Fsp3) is 0.367. The number of piperazine rings is 1. The molecule has 2 unspecified atom stereocenters. The van der Waals surface area contributed by atoms with Crippen molar-refractivity contribution in [3.05, 3.63) is 131 Å². The highest BCUT2D eigenvalue weighted by Gasteiger charge is 2.35. The SMILES string of the molecule is CC(C)OC(=O)CCN1CCN(CC2CN(c3ccc(C(=N)NC(=O)OCc4ccccc4)cc3)C(=O)O2)CC1.CS(=O)(=O)OCC1CN(c2ccc(C(=N)NC(=O)OCc3ccccc3)cc2)C(=O)O1. The minimum absolute atomic E-state index is 0.0835. The molecule has 3 fully saturated rings. The third-order valence-corrected chi connectivity index (χ3v) is 11.5. The highest BCUT2D eigenvalue weighted by atomic mass is 32.2. The Labute approximate surface area is 412 Å². The summed E-state index contributed by atoms with van der Waals surface area (Å²) in [5.41, 5.74) is 3.73. The van der Waals surface area contributed by atoms with Crippen LogP contribution in [0.25, 0.3) is 0 Å². The van der Waals surface area contributed by atoms with Crippen molar-refractivity contribution in [3.8, 4) is 0 Å². The van der Waals surface area contributed by atoms with Crippen LogP contribution in [0.4, 0.5) is 30.6 Å². The highest BCUT2D eigenvalue weighted by Crippen LogP contribution is 2.24. The van der Waals surface area contributed by atoms with Crippen molar-refractivity contribution in [1.82, 2.24) is 20.4 Å². The molecule has 3 aliphatic heterocycles. The Kier molecular flexibility index (Phi) is 19.0. The van der Waals surface area contributed by atoms with Gasteiger partial charge in [-0.05, 0) is 73.5 Å². The number of nitrogens with zero attached hydrogens (tertiary/aromatic N) is 4. The summed E-state index contributed by atoms with van der Waals surface area (Å²) in [6.07, 6.45) is -2.26. The molecule has 4 N–H and O–H groups in total. The first-order valence-electron chi connectivity index (χ1n) is 22.8. The van der Waals surface area contributed by atoms with E-state index in [0.717, 1.165) is 43.6 Å². The van der Waals surface area contributed by atoms with Crippen LogP contribution in [0.5, 0.6) is 0 Å². The van der Waals surface area contributed by atoms with Gasteiger partial charge in [-0.3, -0.25) is 45.1 Å². The van der Waals surface area contributed by atoms with Crippen molar-refractivity contribution in [1.29, 1.82) is 10.8 Å². The maximum absolute atomic E-state index is 12.6. The number of esters is 1. The quantitative estimate of drug-likeness (QED) is 0.0337. The normalized spacial score (nSPS) is 17.1. The number of cyclic esters (lactones) is 2. The lowest BCUT2D eigenvalue weighted by atomic mass is 10.1. The highest BCUT2D eigenvalue weighted by molar-refractivity contribution is 7.86.